The monoisotopic (exact) mass is 246 g/mol. The van der Waals surface area contributed by atoms with Gasteiger partial charge in [-0.3, -0.25) is 0 Å². The van der Waals surface area contributed by atoms with E-state index in [0.717, 1.165) is 21.8 Å². The minimum absolute atomic E-state index is 0.337. The summed E-state index contributed by atoms with van der Waals surface area (Å²) in [5, 5.41) is 0.739. The zero-order chi connectivity index (χ0) is 12.4. The second-order valence-electron chi connectivity index (χ2n) is 4.33. The first kappa shape index (κ1) is 11.9. The number of halogens is 1. The molecule has 0 aliphatic heterocycles. The Bertz CT molecular complexity index is 518. The van der Waals surface area contributed by atoms with Crippen molar-refractivity contribution in [1.29, 1.82) is 0 Å². The van der Waals surface area contributed by atoms with Crippen LogP contribution in [0, 0.1) is 0 Å². The third-order valence-electron chi connectivity index (χ3n) is 2.65. The summed E-state index contributed by atoms with van der Waals surface area (Å²) >= 11 is 5.89. The maximum Gasteiger partial charge on any atom is 0.123 e. The Kier molecular flexibility index (Phi) is 3.34. The van der Waals surface area contributed by atoms with Gasteiger partial charge in [-0.05, 0) is 35.7 Å². The van der Waals surface area contributed by atoms with Crippen molar-refractivity contribution >= 4 is 17.4 Å². The highest BCUT2D eigenvalue weighted by atomic mass is 35.5. The van der Waals surface area contributed by atoms with E-state index in [0.29, 0.717) is 11.7 Å². The van der Waals surface area contributed by atoms with Crippen molar-refractivity contribution in [3.8, 4) is 11.1 Å². The van der Waals surface area contributed by atoms with E-state index >= 15 is 0 Å². The van der Waals surface area contributed by atoms with Crippen LogP contribution < -0.4 is 5.73 Å². The number of hydrogen-bond acceptors (Lipinski definition) is 2. The van der Waals surface area contributed by atoms with Gasteiger partial charge in [0.15, 0.2) is 0 Å². The molecular formula is C14H15ClN2. The van der Waals surface area contributed by atoms with Gasteiger partial charge in [-0.1, -0.05) is 37.6 Å². The lowest BCUT2D eigenvalue weighted by Crippen LogP contribution is -2.00. The SMILES string of the molecule is CC(C)c1nc(N)ccc1-c1ccc(Cl)cc1. The fourth-order valence-electron chi connectivity index (χ4n) is 1.80. The first-order valence-corrected chi connectivity index (χ1v) is 5.98. The Morgan fingerprint density at radius 1 is 1.06 bits per heavy atom. The summed E-state index contributed by atoms with van der Waals surface area (Å²) in [7, 11) is 0. The van der Waals surface area contributed by atoms with E-state index in [9.17, 15) is 0 Å². The molecule has 2 aromatic rings. The van der Waals surface area contributed by atoms with Crippen LogP contribution >= 0.6 is 11.6 Å². The topological polar surface area (TPSA) is 38.9 Å². The van der Waals surface area contributed by atoms with E-state index in [1.807, 2.05) is 36.4 Å². The Hall–Kier alpha value is -1.54. The molecule has 0 bridgehead atoms. The van der Waals surface area contributed by atoms with Gasteiger partial charge >= 0.3 is 0 Å². The zero-order valence-electron chi connectivity index (χ0n) is 9.94. The van der Waals surface area contributed by atoms with Crippen LogP contribution in [0.1, 0.15) is 25.5 Å². The van der Waals surface area contributed by atoms with Crippen LogP contribution in [0.2, 0.25) is 5.02 Å². The predicted molar refractivity (Wildman–Crippen MR) is 73.2 cm³/mol. The lowest BCUT2D eigenvalue weighted by molar-refractivity contribution is 0.828. The number of pyridine rings is 1. The van der Waals surface area contributed by atoms with Gasteiger partial charge in [0.25, 0.3) is 0 Å². The van der Waals surface area contributed by atoms with Crippen molar-refractivity contribution in [3.05, 3.63) is 47.1 Å². The van der Waals surface area contributed by atoms with Crippen molar-refractivity contribution in [2.24, 2.45) is 0 Å². The van der Waals surface area contributed by atoms with Gasteiger partial charge in [0, 0.05) is 10.6 Å². The van der Waals surface area contributed by atoms with Gasteiger partial charge in [-0.2, -0.15) is 0 Å². The van der Waals surface area contributed by atoms with E-state index < -0.39 is 0 Å². The zero-order valence-corrected chi connectivity index (χ0v) is 10.7. The molecule has 88 valence electrons. The molecule has 0 spiro atoms. The van der Waals surface area contributed by atoms with E-state index in [2.05, 4.69) is 18.8 Å². The fraction of sp³-hybridized carbons (Fsp3) is 0.214. The standard InChI is InChI=1S/C14H15ClN2/c1-9(2)14-12(7-8-13(16)17-14)10-3-5-11(15)6-4-10/h3-9H,1-2H3,(H2,16,17). The smallest absolute Gasteiger partial charge is 0.123 e. The van der Waals surface area contributed by atoms with Gasteiger partial charge in [0.1, 0.15) is 5.82 Å². The average Bonchev–Trinajstić information content (AvgIpc) is 2.30. The first-order valence-electron chi connectivity index (χ1n) is 5.60. The second-order valence-corrected chi connectivity index (χ2v) is 4.77. The van der Waals surface area contributed by atoms with Crippen LogP contribution in [0.5, 0.6) is 0 Å². The third kappa shape index (κ3) is 2.59. The number of benzene rings is 1. The Labute approximate surface area is 106 Å². The average molecular weight is 247 g/mol. The third-order valence-corrected chi connectivity index (χ3v) is 2.90. The van der Waals surface area contributed by atoms with E-state index in [-0.39, 0.29) is 0 Å². The van der Waals surface area contributed by atoms with Crippen LogP contribution in [-0.2, 0) is 0 Å². The van der Waals surface area contributed by atoms with Crippen molar-refractivity contribution in [1.82, 2.24) is 4.98 Å². The summed E-state index contributed by atoms with van der Waals surface area (Å²) in [6.45, 7) is 4.22. The molecule has 1 heterocycles. The summed E-state index contributed by atoms with van der Waals surface area (Å²) < 4.78 is 0. The van der Waals surface area contributed by atoms with Crippen LogP contribution in [0.4, 0.5) is 5.82 Å². The molecule has 0 atom stereocenters. The molecule has 0 radical (unpaired) electrons. The Balaban J connectivity index is 2.54. The second kappa shape index (κ2) is 4.76. The number of aromatic nitrogens is 1. The van der Waals surface area contributed by atoms with Gasteiger partial charge in [-0.15, -0.1) is 0 Å². The van der Waals surface area contributed by atoms with Crippen LogP contribution in [0.25, 0.3) is 11.1 Å². The highest BCUT2D eigenvalue weighted by molar-refractivity contribution is 6.30. The summed E-state index contributed by atoms with van der Waals surface area (Å²) in [5.74, 6) is 0.899. The predicted octanol–water partition coefficient (Wildman–Crippen LogP) is 4.11. The molecule has 1 aromatic heterocycles. The quantitative estimate of drug-likeness (QED) is 0.866. The summed E-state index contributed by atoms with van der Waals surface area (Å²) in [6.07, 6.45) is 0. The largest absolute Gasteiger partial charge is 0.384 e. The van der Waals surface area contributed by atoms with Crippen molar-refractivity contribution < 1.29 is 0 Å². The number of nitrogens with zero attached hydrogens (tertiary/aromatic N) is 1. The molecule has 2 N–H and O–H groups in total. The molecule has 0 saturated heterocycles. The van der Waals surface area contributed by atoms with Crippen LogP contribution in [0.3, 0.4) is 0 Å². The molecule has 17 heavy (non-hydrogen) atoms. The highest BCUT2D eigenvalue weighted by Crippen LogP contribution is 2.29. The van der Waals surface area contributed by atoms with E-state index in [1.54, 1.807) is 0 Å². The molecule has 2 rings (SSSR count). The molecule has 0 aliphatic carbocycles. The van der Waals surface area contributed by atoms with Crippen molar-refractivity contribution in [3.63, 3.8) is 0 Å². The van der Waals surface area contributed by atoms with Crippen LogP contribution in [0.15, 0.2) is 36.4 Å². The fourth-order valence-corrected chi connectivity index (χ4v) is 1.93. The van der Waals surface area contributed by atoms with Crippen LogP contribution in [-0.4, -0.2) is 4.98 Å². The molecule has 0 saturated carbocycles. The lowest BCUT2D eigenvalue weighted by Gasteiger charge is -2.12. The molecule has 0 amide bonds. The van der Waals surface area contributed by atoms with Crippen molar-refractivity contribution in [2.45, 2.75) is 19.8 Å². The summed E-state index contributed by atoms with van der Waals surface area (Å²) in [5.41, 5.74) is 8.99. The molecule has 1 aromatic carbocycles. The molecule has 3 heteroatoms. The minimum Gasteiger partial charge on any atom is -0.384 e. The number of hydrogen-bond donors (Lipinski definition) is 1. The molecule has 2 nitrogen and oxygen atoms in total. The van der Waals surface area contributed by atoms with Gasteiger partial charge in [0.2, 0.25) is 0 Å². The number of nitrogen functional groups attached to an aromatic ring is 1. The van der Waals surface area contributed by atoms with Crippen molar-refractivity contribution in [2.75, 3.05) is 5.73 Å². The van der Waals surface area contributed by atoms with Gasteiger partial charge < -0.3 is 5.73 Å². The van der Waals surface area contributed by atoms with Gasteiger partial charge in [0.05, 0.1) is 5.69 Å². The summed E-state index contributed by atoms with van der Waals surface area (Å²) in [6, 6.07) is 11.6. The lowest BCUT2D eigenvalue weighted by atomic mass is 9.98. The maximum absolute atomic E-state index is 5.89. The Morgan fingerprint density at radius 3 is 2.29 bits per heavy atom. The Morgan fingerprint density at radius 2 is 1.71 bits per heavy atom. The molecule has 0 unspecified atom stereocenters. The molecule has 0 aliphatic rings. The minimum atomic E-state index is 0.337. The first-order chi connectivity index (χ1) is 8.08. The maximum atomic E-state index is 5.89. The molecule has 0 fully saturated rings. The van der Waals surface area contributed by atoms with E-state index in [1.165, 1.54) is 0 Å². The summed E-state index contributed by atoms with van der Waals surface area (Å²) in [4.78, 5) is 4.42. The van der Waals surface area contributed by atoms with Gasteiger partial charge in [-0.25, -0.2) is 4.98 Å². The number of anilines is 1. The van der Waals surface area contributed by atoms with E-state index in [4.69, 9.17) is 17.3 Å². The number of nitrogens with two attached hydrogens (primary N) is 1. The highest BCUT2D eigenvalue weighted by Gasteiger charge is 2.10. The number of rotatable bonds is 2. The normalized spacial score (nSPS) is 10.8. The molecular weight excluding hydrogens is 232 g/mol.